The van der Waals surface area contributed by atoms with Crippen molar-refractivity contribution in [2.45, 2.75) is 127 Å². The molecule has 0 aliphatic carbocycles. The monoisotopic (exact) mass is 655 g/mol. The fraction of sp³-hybridized carbons (Fsp3) is 0.892. The molecule has 0 saturated heterocycles. The second kappa shape index (κ2) is 17.2. The molecule has 0 aromatic heterocycles. The molecule has 7 nitrogen and oxygen atoms in total. The molecule has 0 aromatic rings. The lowest BCUT2D eigenvalue weighted by Gasteiger charge is -2.53. The van der Waals surface area contributed by atoms with E-state index in [1.165, 1.54) is 6.42 Å². The molecule has 3 N–H and O–H groups in total. The van der Waals surface area contributed by atoms with Crippen LogP contribution in [0.5, 0.6) is 0 Å². The molecule has 0 amide bonds. The quantitative estimate of drug-likeness (QED) is 0.119. The molecule has 5 unspecified atom stereocenters. The Kier molecular flexibility index (Phi) is 16.0. The number of unbranched alkanes of at least 4 members (excludes halogenated alkanes) is 1. The molecule has 1 heterocycles. The summed E-state index contributed by atoms with van der Waals surface area (Å²) in [7, 11) is 0. The van der Waals surface area contributed by atoms with Gasteiger partial charge in [0.2, 0.25) is 0 Å². The van der Waals surface area contributed by atoms with Crippen LogP contribution in [-0.4, -0.2) is 56.6 Å². The van der Waals surface area contributed by atoms with E-state index in [1.54, 1.807) is 0 Å². The number of rotatable bonds is 11. The standard InChI is InChI=1S/C37H70N2O5S/c1-14-15-16-26(2)34(7,8)22-29-31(40)43-20-19-42-30(27(3)45)21-28(23-39-18-17-38)24-44-32(41)37(13,33(4,5)6)25-35(9,10)36(29,11)12/h21,26-29,39,45H,14-20,22-25,38H2,1-13H3/b30-21-. The second-order valence-corrected chi connectivity index (χ2v) is 17.5. The molecule has 0 bridgehead atoms. The largest absolute Gasteiger partial charge is 0.494 e. The highest BCUT2D eigenvalue weighted by Gasteiger charge is 2.55. The zero-order valence-electron chi connectivity index (χ0n) is 31.2. The fourth-order valence-electron chi connectivity index (χ4n) is 6.33. The van der Waals surface area contributed by atoms with Crippen molar-refractivity contribution in [1.82, 2.24) is 5.32 Å². The van der Waals surface area contributed by atoms with Gasteiger partial charge in [0.15, 0.2) is 0 Å². The third kappa shape index (κ3) is 11.4. The summed E-state index contributed by atoms with van der Waals surface area (Å²) in [6, 6.07) is 0. The molecule has 0 aromatic carbocycles. The first kappa shape index (κ1) is 41.8. The van der Waals surface area contributed by atoms with Gasteiger partial charge in [-0.1, -0.05) is 95.4 Å². The second-order valence-electron chi connectivity index (χ2n) is 16.8. The first-order valence-corrected chi connectivity index (χ1v) is 17.9. The molecule has 0 spiro atoms. The van der Waals surface area contributed by atoms with Gasteiger partial charge in [0.05, 0.1) is 23.2 Å². The van der Waals surface area contributed by atoms with Crippen molar-refractivity contribution in [3.8, 4) is 0 Å². The number of hydrogen-bond acceptors (Lipinski definition) is 8. The number of carbonyl (C=O) groups is 2. The van der Waals surface area contributed by atoms with Crippen LogP contribution in [0.3, 0.4) is 0 Å². The van der Waals surface area contributed by atoms with Gasteiger partial charge in [0, 0.05) is 25.6 Å². The molecule has 264 valence electrons. The number of hydrogen-bond donors (Lipinski definition) is 3. The van der Waals surface area contributed by atoms with E-state index in [-0.39, 0.29) is 54.3 Å². The molecular formula is C37H70N2O5S. The minimum absolute atomic E-state index is 0.0832. The number of carbonyl (C=O) groups excluding carboxylic acids is 2. The van der Waals surface area contributed by atoms with Crippen LogP contribution < -0.4 is 11.1 Å². The zero-order chi connectivity index (χ0) is 34.9. The van der Waals surface area contributed by atoms with Gasteiger partial charge in [-0.05, 0) is 60.3 Å². The summed E-state index contributed by atoms with van der Waals surface area (Å²) in [5.74, 6) is 0.163. The number of nitrogens with one attached hydrogen (secondary N) is 1. The number of nitrogens with two attached hydrogens (primary N) is 1. The van der Waals surface area contributed by atoms with E-state index in [0.717, 1.165) is 12.8 Å². The maximum absolute atomic E-state index is 14.2. The van der Waals surface area contributed by atoms with Crippen LogP contribution in [-0.2, 0) is 23.8 Å². The highest BCUT2D eigenvalue weighted by Crippen LogP contribution is 2.57. The summed E-state index contributed by atoms with van der Waals surface area (Å²) in [4.78, 5) is 28.4. The van der Waals surface area contributed by atoms with Crippen LogP contribution in [0, 0.1) is 44.8 Å². The van der Waals surface area contributed by atoms with Gasteiger partial charge >= 0.3 is 11.9 Å². The van der Waals surface area contributed by atoms with Crippen LogP contribution in [0.15, 0.2) is 11.8 Å². The Balaban J connectivity index is 3.71. The number of thiol groups is 1. The van der Waals surface area contributed by atoms with E-state index in [9.17, 15) is 9.59 Å². The van der Waals surface area contributed by atoms with Gasteiger partial charge in [-0.25, -0.2) is 0 Å². The van der Waals surface area contributed by atoms with Crippen LogP contribution >= 0.6 is 12.6 Å². The molecule has 1 rings (SSSR count). The molecule has 0 fully saturated rings. The Bertz CT molecular complexity index is 968. The van der Waals surface area contributed by atoms with Crippen LogP contribution in [0.4, 0.5) is 0 Å². The average Bonchev–Trinajstić information content (AvgIpc) is 2.92. The average molecular weight is 655 g/mol. The third-order valence-corrected chi connectivity index (χ3v) is 11.7. The van der Waals surface area contributed by atoms with E-state index < -0.39 is 21.7 Å². The van der Waals surface area contributed by atoms with E-state index in [1.807, 2.05) is 19.9 Å². The normalized spacial score (nSPS) is 28.2. The highest BCUT2D eigenvalue weighted by atomic mass is 32.1. The van der Waals surface area contributed by atoms with Crippen molar-refractivity contribution >= 4 is 24.6 Å². The Morgan fingerprint density at radius 2 is 1.62 bits per heavy atom. The Morgan fingerprint density at radius 3 is 2.16 bits per heavy atom. The van der Waals surface area contributed by atoms with Crippen LogP contribution in [0.1, 0.15) is 122 Å². The van der Waals surface area contributed by atoms with E-state index >= 15 is 0 Å². The SMILES string of the molecule is CCCCC(C)C(C)(C)CC1C(=O)OCCO/C(C(C)S)=C\C(CNCCN)COC(=O)C(C)(C(C)(C)C)CC(C)(C)C1(C)C. The zero-order valence-corrected chi connectivity index (χ0v) is 32.1. The maximum Gasteiger partial charge on any atom is 0.312 e. The van der Waals surface area contributed by atoms with Crippen molar-refractivity contribution in [2.75, 3.05) is 39.5 Å². The Hall–Kier alpha value is -1.25. The Morgan fingerprint density at radius 1 is 1.02 bits per heavy atom. The number of ether oxygens (including phenoxy) is 3. The maximum atomic E-state index is 14.2. The molecule has 45 heavy (non-hydrogen) atoms. The summed E-state index contributed by atoms with van der Waals surface area (Å²) < 4.78 is 18.4. The van der Waals surface area contributed by atoms with Gasteiger partial charge in [0.1, 0.15) is 19.0 Å². The molecular weight excluding hydrogens is 584 g/mol. The predicted octanol–water partition coefficient (Wildman–Crippen LogP) is 7.82. The van der Waals surface area contributed by atoms with Crippen LogP contribution in [0.2, 0.25) is 0 Å². The van der Waals surface area contributed by atoms with Gasteiger partial charge in [-0.2, -0.15) is 12.6 Å². The number of esters is 2. The smallest absolute Gasteiger partial charge is 0.312 e. The van der Waals surface area contributed by atoms with Crippen molar-refractivity contribution in [3.63, 3.8) is 0 Å². The molecule has 1 aliphatic rings. The van der Waals surface area contributed by atoms with E-state index in [0.29, 0.717) is 44.2 Å². The first-order chi connectivity index (χ1) is 20.6. The molecule has 0 saturated carbocycles. The van der Waals surface area contributed by atoms with Gasteiger partial charge in [-0.15, -0.1) is 0 Å². The molecule has 1 aliphatic heterocycles. The lowest BCUT2D eigenvalue weighted by atomic mass is 9.51. The molecule has 5 atom stereocenters. The highest BCUT2D eigenvalue weighted by molar-refractivity contribution is 7.81. The lowest BCUT2D eigenvalue weighted by molar-refractivity contribution is -0.172. The lowest BCUT2D eigenvalue weighted by Crippen LogP contribution is -2.52. The van der Waals surface area contributed by atoms with Crippen molar-refractivity contribution in [3.05, 3.63) is 11.8 Å². The minimum Gasteiger partial charge on any atom is -0.494 e. The van der Waals surface area contributed by atoms with Gasteiger partial charge < -0.3 is 25.3 Å². The van der Waals surface area contributed by atoms with Gasteiger partial charge in [-0.3, -0.25) is 9.59 Å². The third-order valence-electron chi connectivity index (χ3n) is 11.4. The molecule has 8 heteroatoms. The summed E-state index contributed by atoms with van der Waals surface area (Å²) in [5, 5.41) is 3.15. The van der Waals surface area contributed by atoms with Crippen molar-refractivity contribution in [2.24, 2.45) is 50.6 Å². The summed E-state index contributed by atoms with van der Waals surface area (Å²) in [5.41, 5.74) is 3.49. The van der Waals surface area contributed by atoms with E-state index in [2.05, 4.69) is 94.1 Å². The Labute approximate surface area is 282 Å². The fourth-order valence-corrected chi connectivity index (χ4v) is 6.49. The predicted molar refractivity (Wildman–Crippen MR) is 190 cm³/mol. The van der Waals surface area contributed by atoms with E-state index in [4.69, 9.17) is 19.9 Å². The minimum atomic E-state index is -0.821. The first-order valence-electron chi connectivity index (χ1n) is 17.3. The van der Waals surface area contributed by atoms with Crippen molar-refractivity contribution < 1.29 is 23.8 Å². The summed E-state index contributed by atoms with van der Waals surface area (Å²) >= 11 is 4.65. The molecule has 0 radical (unpaired) electrons. The number of cyclic esters (lactones) is 2. The summed E-state index contributed by atoms with van der Waals surface area (Å²) in [6.07, 6.45) is 6.67. The van der Waals surface area contributed by atoms with Gasteiger partial charge in [0.25, 0.3) is 0 Å². The topological polar surface area (TPSA) is 99.9 Å². The summed E-state index contributed by atoms with van der Waals surface area (Å²) in [6.45, 7) is 30.5. The van der Waals surface area contributed by atoms with Crippen molar-refractivity contribution in [1.29, 1.82) is 0 Å². The van der Waals surface area contributed by atoms with Crippen LogP contribution in [0.25, 0.3) is 0 Å².